The summed E-state index contributed by atoms with van der Waals surface area (Å²) in [6.07, 6.45) is -3.15. The van der Waals surface area contributed by atoms with Gasteiger partial charge in [-0.1, -0.05) is 6.07 Å². The van der Waals surface area contributed by atoms with E-state index in [2.05, 4.69) is 4.98 Å². The highest BCUT2D eigenvalue weighted by Crippen LogP contribution is 2.32. The van der Waals surface area contributed by atoms with Crippen LogP contribution in [0.1, 0.15) is 21.5 Å². The van der Waals surface area contributed by atoms with E-state index in [0.29, 0.717) is 6.07 Å². The highest BCUT2D eigenvalue weighted by atomic mass is 19.4. The zero-order chi connectivity index (χ0) is 14.9. The van der Waals surface area contributed by atoms with Crippen LogP contribution < -0.4 is 0 Å². The van der Waals surface area contributed by atoms with Crippen LogP contribution in [0.4, 0.5) is 22.0 Å². The van der Waals surface area contributed by atoms with Crippen molar-refractivity contribution in [3.8, 4) is 0 Å². The van der Waals surface area contributed by atoms with Gasteiger partial charge in [-0.05, 0) is 18.2 Å². The fraction of sp³-hybridized carbons (Fsp3) is 0.0769. The second kappa shape index (κ2) is 4.99. The van der Waals surface area contributed by atoms with Crippen LogP contribution in [0, 0.1) is 11.6 Å². The largest absolute Gasteiger partial charge is 0.419 e. The Bertz CT molecular complexity index is 666. The van der Waals surface area contributed by atoms with Gasteiger partial charge in [0.05, 0.1) is 17.3 Å². The summed E-state index contributed by atoms with van der Waals surface area (Å²) < 4.78 is 64.3. The summed E-state index contributed by atoms with van der Waals surface area (Å²) in [5.74, 6) is -3.60. The second-order valence-electron chi connectivity index (χ2n) is 3.89. The lowest BCUT2D eigenvalue weighted by atomic mass is 10.0. The number of alkyl halides is 3. The van der Waals surface area contributed by atoms with Crippen LogP contribution in [0.15, 0.2) is 36.7 Å². The quantitative estimate of drug-likeness (QED) is 0.624. The van der Waals surface area contributed by atoms with E-state index in [0.717, 1.165) is 30.6 Å². The standard InChI is InChI=1S/C13H6F5NO/c14-8-4-7(5-19-6-8)12(20)9-2-1-3-10(11(9)15)13(16,17)18/h1-6H. The summed E-state index contributed by atoms with van der Waals surface area (Å²) in [6.45, 7) is 0. The Hall–Kier alpha value is -2.31. The molecule has 0 atom stereocenters. The number of aromatic nitrogens is 1. The Kier molecular flexibility index (Phi) is 3.52. The highest BCUT2D eigenvalue weighted by Gasteiger charge is 2.35. The number of nitrogens with zero attached hydrogens (tertiary/aromatic N) is 1. The highest BCUT2D eigenvalue weighted by molar-refractivity contribution is 6.09. The van der Waals surface area contributed by atoms with Gasteiger partial charge in [-0.25, -0.2) is 8.78 Å². The SMILES string of the molecule is O=C(c1cncc(F)c1)c1cccc(C(F)(F)F)c1F. The Morgan fingerprint density at radius 2 is 1.80 bits per heavy atom. The number of rotatable bonds is 2. The molecule has 2 nitrogen and oxygen atoms in total. The number of hydrogen-bond donors (Lipinski definition) is 0. The Balaban J connectivity index is 2.51. The molecule has 0 saturated carbocycles. The minimum absolute atomic E-state index is 0.330. The van der Waals surface area contributed by atoms with Gasteiger partial charge in [0.1, 0.15) is 11.6 Å². The molecule has 0 fully saturated rings. The van der Waals surface area contributed by atoms with E-state index in [1.807, 2.05) is 0 Å². The number of pyridine rings is 1. The van der Waals surface area contributed by atoms with Crippen molar-refractivity contribution < 1.29 is 26.7 Å². The molecule has 104 valence electrons. The van der Waals surface area contributed by atoms with E-state index in [1.54, 1.807) is 0 Å². The Morgan fingerprint density at radius 1 is 1.10 bits per heavy atom. The maximum absolute atomic E-state index is 13.8. The third kappa shape index (κ3) is 2.66. The first-order chi connectivity index (χ1) is 9.30. The molecule has 2 aromatic rings. The first kappa shape index (κ1) is 14.1. The maximum atomic E-state index is 13.8. The van der Waals surface area contributed by atoms with Gasteiger partial charge in [-0.3, -0.25) is 9.78 Å². The molecule has 0 aliphatic carbocycles. The zero-order valence-corrected chi connectivity index (χ0v) is 9.71. The molecule has 1 aromatic carbocycles. The van der Waals surface area contributed by atoms with Gasteiger partial charge in [0.2, 0.25) is 0 Å². The van der Waals surface area contributed by atoms with Gasteiger partial charge >= 0.3 is 6.18 Å². The van der Waals surface area contributed by atoms with Crippen LogP contribution in [0.5, 0.6) is 0 Å². The molecular formula is C13H6F5NO. The molecule has 1 heterocycles. The average molecular weight is 287 g/mol. The summed E-state index contributed by atoms with van der Waals surface area (Å²) >= 11 is 0. The molecule has 1 aromatic heterocycles. The molecule has 0 N–H and O–H groups in total. The van der Waals surface area contributed by atoms with E-state index < -0.39 is 34.7 Å². The second-order valence-corrected chi connectivity index (χ2v) is 3.89. The van der Waals surface area contributed by atoms with Gasteiger partial charge in [0.15, 0.2) is 5.78 Å². The first-order valence-corrected chi connectivity index (χ1v) is 5.31. The minimum atomic E-state index is -4.92. The third-order valence-electron chi connectivity index (χ3n) is 2.52. The predicted molar refractivity (Wildman–Crippen MR) is 59.0 cm³/mol. The minimum Gasteiger partial charge on any atom is -0.288 e. The fourth-order valence-corrected chi connectivity index (χ4v) is 1.62. The number of carbonyl (C=O) groups excluding carboxylic acids is 1. The normalized spacial score (nSPS) is 11.4. The number of carbonyl (C=O) groups is 1. The van der Waals surface area contributed by atoms with Crippen LogP contribution in [0.2, 0.25) is 0 Å². The molecule has 0 saturated heterocycles. The van der Waals surface area contributed by atoms with E-state index in [1.165, 1.54) is 0 Å². The summed E-state index contributed by atoms with van der Waals surface area (Å²) in [6, 6.07) is 3.11. The lowest BCUT2D eigenvalue weighted by Crippen LogP contribution is -2.13. The number of halogens is 5. The summed E-state index contributed by atoms with van der Waals surface area (Å²) in [4.78, 5) is 15.3. The molecule has 0 aliphatic heterocycles. The van der Waals surface area contributed by atoms with Gasteiger partial charge < -0.3 is 0 Å². The van der Waals surface area contributed by atoms with Crippen molar-refractivity contribution >= 4 is 5.78 Å². The van der Waals surface area contributed by atoms with Crippen molar-refractivity contribution in [3.63, 3.8) is 0 Å². The van der Waals surface area contributed by atoms with Crippen LogP contribution in [-0.4, -0.2) is 10.8 Å². The summed E-state index contributed by atoms with van der Waals surface area (Å²) in [5, 5.41) is 0. The monoisotopic (exact) mass is 287 g/mol. The number of hydrogen-bond acceptors (Lipinski definition) is 2. The van der Waals surface area contributed by atoms with Crippen LogP contribution >= 0.6 is 0 Å². The van der Waals surface area contributed by atoms with Gasteiger partial charge in [0, 0.05) is 11.8 Å². The molecular weight excluding hydrogens is 281 g/mol. The van der Waals surface area contributed by atoms with E-state index in [9.17, 15) is 26.7 Å². The molecule has 20 heavy (non-hydrogen) atoms. The molecule has 0 aliphatic rings. The average Bonchev–Trinajstić information content (AvgIpc) is 2.37. The van der Waals surface area contributed by atoms with Crippen LogP contribution in [0.25, 0.3) is 0 Å². The molecule has 0 bridgehead atoms. The Labute approximate surface area is 109 Å². The Morgan fingerprint density at radius 3 is 2.40 bits per heavy atom. The summed E-state index contributed by atoms with van der Waals surface area (Å²) in [7, 11) is 0. The third-order valence-corrected chi connectivity index (χ3v) is 2.52. The summed E-state index contributed by atoms with van der Waals surface area (Å²) in [5.41, 5.74) is -2.66. The van der Waals surface area contributed by atoms with Crippen molar-refractivity contribution in [1.29, 1.82) is 0 Å². The van der Waals surface area contributed by atoms with Crippen molar-refractivity contribution in [2.45, 2.75) is 6.18 Å². The zero-order valence-electron chi connectivity index (χ0n) is 9.71. The lowest BCUT2D eigenvalue weighted by Gasteiger charge is -2.10. The van der Waals surface area contributed by atoms with Gasteiger partial charge in [0.25, 0.3) is 0 Å². The molecule has 0 unspecified atom stereocenters. The molecule has 7 heteroatoms. The number of ketones is 1. The van der Waals surface area contributed by atoms with E-state index >= 15 is 0 Å². The van der Waals surface area contributed by atoms with Crippen molar-refractivity contribution in [2.75, 3.05) is 0 Å². The predicted octanol–water partition coefficient (Wildman–Crippen LogP) is 3.61. The van der Waals surface area contributed by atoms with Gasteiger partial charge in [-0.15, -0.1) is 0 Å². The van der Waals surface area contributed by atoms with Crippen molar-refractivity contribution in [1.82, 2.24) is 4.98 Å². The van der Waals surface area contributed by atoms with Gasteiger partial charge in [-0.2, -0.15) is 13.2 Å². The molecule has 0 radical (unpaired) electrons. The maximum Gasteiger partial charge on any atom is 0.419 e. The van der Waals surface area contributed by atoms with Crippen molar-refractivity contribution in [3.05, 3.63) is 65.0 Å². The topological polar surface area (TPSA) is 30.0 Å². The van der Waals surface area contributed by atoms with Crippen LogP contribution in [-0.2, 0) is 6.18 Å². The van der Waals surface area contributed by atoms with E-state index in [4.69, 9.17) is 0 Å². The van der Waals surface area contributed by atoms with Crippen molar-refractivity contribution in [2.24, 2.45) is 0 Å². The molecule has 0 spiro atoms. The lowest BCUT2D eigenvalue weighted by molar-refractivity contribution is -0.140. The molecule has 2 rings (SSSR count). The van der Waals surface area contributed by atoms with E-state index in [-0.39, 0.29) is 5.56 Å². The first-order valence-electron chi connectivity index (χ1n) is 5.31. The van der Waals surface area contributed by atoms with Crippen LogP contribution in [0.3, 0.4) is 0 Å². The molecule has 0 amide bonds. The number of benzene rings is 1. The fourth-order valence-electron chi connectivity index (χ4n) is 1.62. The smallest absolute Gasteiger partial charge is 0.288 e.